The second-order valence-electron chi connectivity index (χ2n) is 15.9. The lowest BCUT2D eigenvalue weighted by Gasteiger charge is -2.39. The maximum absolute atomic E-state index is 12.8. The molecule has 0 saturated carbocycles. The number of carbonyl (C=O) groups is 2. The van der Waals surface area contributed by atoms with Crippen molar-refractivity contribution in [2.24, 2.45) is 0 Å². The molecule has 1 fully saturated rings. The van der Waals surface area contributed by atoms with Crippen LogP contribution in [0.3, 0.4) is 0 Å². The molecule has 10 heteroatoms. The van der Waals surface area contributed by atoms with E-state index in [-0.39, 0.29) is 26.1 Å². The van der Waals surface area contributed by atoms with Crippen LogP contribution in [0.15, 0.2) is 12.2 Å². The standard InChI is InChI=1S/C45H84O10/c1-3-5-7-9-11-13-15-17-19-21-23-25-27-29-31-33-40(47)52-36-38(37-53-45-44(51)43(50)42(49)39(35-46)55-45)54-41(48)34-32-30-28-26-24-22-20-18-16-14-12-10-8-6-4-2/h23,25,38-39,42-46,49-51H,3-22,24,26-37H2,1-2H3/b25-23+/t38-,39-,42+,43?,44?,45-/m0/s1. The minimum Gasteiger partial charge on any atom is -0.462 e. The summed E-state index contributed by atoms with van der Waals surface area (Å²) in [5, 5.41) is 40.0. The van der Waals surface area contributed by atoms with Gasteiger partial charge in [-0.2, -0.15) is 0 Å². The largest absolute Gasteiger partial charge is 0.462 e. The van der Waals surface area contributed by atoms with Gasteiger partial charge in [0.2, 0.25) is 0 Å². The van der Waals surface area contributed by atoms with Crippen molar-refractivity contribution in [1.82, 2.24) is 0 Å². The summed E-state index contributed by atoms with van der Waals surface area (Å²) in [4.78, 5) is 25.3. The number of carbonyl (C=O) groups excluding carboxylic acids is 2. The van der Waals surface area contributed by atoms with Crippen molar-refractivity contribution in [3.05, 3.63) is 12.2 Å². The highest BCUT2D eigenvalue weighted by atomic mass is 16.7. The monoisotopic (exact) mass is 785 g/mol. The molecular weight excluding hydrogens is 700 g/mol. The fourth-order valence-corrected chi connectivity index (χ4v) is 7.01. The van der Waals surface area contributed by atoms with Gasteiger partial charge in [0.15, 0.2) is 12.4 Å². The molecule has 1 heterocycles. The highest BCUT2D eigenvalue weighted by molar-refractivity contribution is 5.70. The van der Waals surface area contributed by atoms with E-state index in [0.717, 1.165) is 38.5 Å². The first kappa shape index (κ1) is 51.5. The predicted molar refractivity (Wildman–Crippen MR) is 220 cm³/mol. The predicted octanol–water partition coefficient (Wildman–Crippen LogP) is 9.56. The molecule has 4 N–H and O–H groups in total. The van der Waals surface area contributed by atoms with E-state index in [1.165, 1.54) is 128 Å². The zero-order valence-electron chi connectivity index (χ0n) is 35.2. The number of rotatable bonds is 38. The zero-order chi connectivity index (χ0) is 40.2. The van der Waals surface area contributed by atoms with Crippen LogP contribution in [0.1, 0.15) is 206 Å². The molecule has 2 unspecified atom stereocenters. The number of esters is 2. The van der Waals surface area contributed by atoms with Gasteiger partial charge in [-0.05, 0) is 38.5 Å². The first-order valence-corrected chi connectivity index (χ1v) is 22.8. The normalized spacial score (nSPS) is 20.6. The first-order chi connectivity index (χ1) is 26.8. The summed E-state index contributed by atoms with van der Waals surface area (Å²) in [6.45, 7) is 3.42. The van der Waals surface area contributed by atoms with E-state index in [2.05, 4.69) is 26.0 Å². The van der Waals surface area contributed by atoms with Crippen LogP contribution >= 0.6 is 0 Å². The van der Waals surface area contributed by atoms with Gasteiger partial charge in [0, 0.05) is 12.8 Å². The molecule has 1 aliphatic rings. The van der Waals surface area contributed by atoms with Crippen LogP contribution in [0.5, 0.6) is 0 Å². The highest BCUT2D eigenvalue weighted by Gasteiger charge is 2.44. The van der Waals surface area contributed by atoms with Crippen LogP contribution in [0.2, 0.25) is 0 Å². The van der Waals surface area contributed by atoms with E-state index in [0.29, 0.717) is 12.8 Å². The second-order valence-corrected chi connectivity index (χ2v) is 15.9. The smallest absolute Gasteiger partial charge is 0.306 e. The molecule has 0 spiro atoms. The van der Waals surface area contributed by atoms with Crippen molar-refractivity contribution in [3.63, 3.8) is 0 Å². The van der Waals surface area contributed by atoms with Crippen molar-refractivity contribution < 1.29 is 49.0 Å². The molecule has 0 aromatic heterocycles. The zero-order valence-corrected chi connectivity index (χ0v) is 35.2. The Kier molecular flexibility index (Phi) is 34.4. The fourth-order valence-electron chi connectivity index (χ4n) is 7.01. The van der Waals surface area contributed by atoms with E-state index < -0.39 is 55.4 Å². The molecule has 0 aliphatic carbocycles. The molecule has 10 nitrogen and oxygen atoms in total. The lowest BCUT2D eigenvalue weighted by atomic mass is 9.99. The van der Waals surface area contributed by atoms with Gasteiger partial charge in [-0.25, -0.2) is 0 Å². The van der Waals surface area contributed by atoms with Crippen LogP contribution in [0.25, 0.3) is 0 Å². The van der Waals surface area contributed by atoms with Crippen LogP contribution in [0, 0.1) is 0 Å². The number of unbranched alkanes of at least 4 members (excludes halogenated alkanes) is 25. The minimum atomic E-state index is -1.59. The molecule has 0 radical (unpaired) electrons. The molecule has 0 aromatic carbocycles. The van der Waals surface area contributed by atoms with Gasteiger partial charge in [-0.3, -0.25) is 9.59 Å². The van der Waals surface area contributed by atoms with Crippen molar-refractivity contribution in [1.29, 1.82) is 0 Å². The Labute approximate surface area is 335 Å². The molecular formula is C45H84O10. The molecule has 324 valence electrons. The Bertz CT molecular complexity index is 912. The van der Waals surface area contributed by atoms with E-state index in [9.17, 15) is 30.0 Å². The Morgan fingerprint density at radius 2 is 0.964 bits per heavy atom. The average Bonchev–Trinajstić information content (AvgIpc) is 3.18. The maximum atomic E-state index is 12.8. The number of hydrogen-bond acceptors (Lipinski definition) is 10. The topological polar surface area (TPSA) is 152 Å². The number of aliphatic hydroxyl groups is 4. The Morgan fingerprint density at radius 3 is 1.45 bits per heavy atom. The van der Waals surface area contributed by atoms with Crippen molar-refractivity contribution in [2.45, 2.75) is 243 Å². The lowest BCUT2D eigenvalue weighted by Crippen LogP contribution is -2.59. The molecule has 0 amide bonds. The first-order valence-electron chi connectivity index (χ1n) is 22.8. The van der Waals surface area contributed by atoms with E-state index in [1.54, 1.807) is 0 Å². The summed E-state index contributed by atoms with van der Waals surface area (Å²) in [5.41, 5.74) is 0. The average molecular weight is 785 g/mol. The van der Waals surface area contributed by atoms with Crippen molar-refractivity contribution >= 4 is 11.9 Å². The van der Waals surface area contributed by atoms with Gasteiger partial charge in [0.1, 0.15) is 31.0 Å². The molecule has 1 aliphatic heterocycles. The SMILES string of the molecule is CCCCCCCCCCC/C=C/CCCCC(=O)OC[C@@H](CO[C@H]1O[C@@H](CO)[C@@H](O)C(O)C1O)OC(=O)CCCCCCCCCCCCCCCCC. The van der Waals surface area contributed by atoms with Gasteiger partial charge in [-0.15, -0.1) is 0 Å². The maximum Gasteiger partial charge on any atom is 0.306 e. The second kappa shape index (κ2) is 36.8. The lowest BCUT2D eigenvalue weighted by molar-refractivity contribution is -0.305. The minimum absolute atomic E-state index is 0.223. The third-order valence-corrected chi connectivity index (χ3v) is 10.7. The molecule has 1 rings (SSSR count). The van der Waals surface area contributed by atoms with Gasteiger partial charge in [-0.1, -0.05) is 167 Å². The molecule has 6 atom stereocenters. The number of aliphatic hydroxyl groups excluding tert-OH is 4. The molecule has 1 saturated heterocycles. The van der Waals surface area contributed by atoms with Crippen molar-refractivity contribution in [2.75, 3.05) is 19.8 Å². The number of hydrogen-bond donors (Lipinski definition) is 4. The third kappa shape index (κ3) is 28.5. The Balaban J connectivity index is 2.33. The van der Waals surface area contributed by atoms with E-state index in [1.807, 2.05) is 0 Å². The summed E-state index contributed by atoms with van der Waals surface area (Å²) >= 11 is 0. The summed E-state index contributed by atoms with van der Waals surface area (Å²) in [6, 6.07) is 0. The van der Waals surface area contributed by atoms with Gasteiger partial charge in [0.25, 0.3) is 0 Å². The molecule has 0 bridgehead atoms. The van der Waals surface area contributed by atoms with E-state index >= 15 is 0 Å². The number of allylic oxidation sites excluding steroid dienone is 2. The van der Waals surface area contributed by atoms with Gasteiger partial charge in [0.05, 0.1) is 13.2 Å². The molecule has 55 heavy (non-hydrogen) atoms. The summed E-state index contributed by atoms with van der Waals surface area (Å²) < 4.78 is 22.1. The van der Waals surface area contributed by atoms with Crippen LogP contribution < -0.4 is 0 Å². The number of ether oxygens (including phenoxy) is 4. The molecule has 0 aromatic rings. The third-order valence-electron chi connectivity index (χ3n) is 10.7. The van der Waals surface area contributed by atoms with Crippen LogP contribution in [-0.4, -0.2) is 89.0 Å². The van der Waals surface area contributed by atoms with Gasteiger partial charge >= 0.3 is 11.9 Å². The van der Waals surface area contributed by atoms with E-state index in [4.69, 9.17) is 18.9 Å². The van der Waals surface area contributed by atoms with Crippen LogP contribution in [0.4, 0.5) is 0 Å². The fraction of sp³-hybridized carbons (Fsp3) is 0.911. The summed E-state index contributed by atoms with van der Waals surface area (Å²) in [7, 11) is 0. The summed E-state index contributed by atoms with van der Waals surface area (Å²) in [6.07, 6.45) is 30.7. The highest BCUT2D eigenvalue weighted by Crippen LogP contribution is 2.23. The Morgan fingerprint density at radius 1 is 0.545 bits per heavy atom. The van der Waals surface area contributed by atoms with Gasteiger partial charge < -0.3 is 39.4 Å². The quantitative estimate of drug-likeness (QED) is 0.0271. The van der Waals surface area contributed by atoms with Crippen LogP contribution in [-0.2, 0) is 28.5 Å². The van der Waals surface area contributed by atoms with Crippen molar-refractivity contribution in [3.8, 4) is 0 Å². The Hall–Kier alpha value is -1.56. The summed E-state index contributed by atoms with van der Waals surface area (Å²) in [5.74, 6) is -0.822.